The molecule has 0 saturated heterocycles. The fourth-order valence-corrected chi connectivity index (χ4v) is 2.27. The van der Waals surface area contributed by atoms with E-state index >= 15 is 0 Å². The van der Waals surface area contributed by atoms with E-state index in [1.807, 2.05) is 6.92 Å². The maximum absolute atomic E-state index is 13.8. The zero-order valence-corrected chi connectivity index (χ0v) is 13.4. The number of rotatable bonds is 4. The first-order valence-electron chi connectivity index (χ1n) is 6.53. The molecule has 1 heterocycles. The van der Waals surface area contributed by atoms with E-state index in [1.54, 1.807) is 25.3 Å². The summed E-state index contributed by atoms with van der Waals surface area (Å²) in [5.41, 5.74) is 1.46. The minimum Gasteiger partial charge on any atom is -0.333 e. The van der Waals surface area contributed by atoms with Gasteiger partial charge in [0.2, 0.25) is 0 Å². The fraction of sp³-hybridized carbons (Fsp3) is 0.267. The van der Waals surface area contributed by atoms with Crippen LogP contribution in [0.15, 0.2) is 35.1 Å². The lowest BCUT2D eigenvalue weighted by atomic mass is 10.2. The lowest BCUT2D eigenvalue weighted by molar-refractivity contribution is 0.0744. The van der Waals surface area contributed by atoms with Crippen LogP contribution >= 0.6 is 15.9 Å². The van der Waals surface area contributed by atoms with Crippen molar-refractivity contribution in [1.29, 1.82) is 0 Å². The molecule has 0 aliphatic heterocycles. The van der Waals surface area contributed by atoms with E-state index in [4.69, 9.17) is 0 Å². The first-order valence-corrected chi connectivity index (χ1v) is 7.32. The molecule has 6 heteroatoms. The normalized spacial score (nSPS) is 10.5. The maximum Gasteiger partial charge on any atom is 0.274 e. The van der Waals surface area contributed by atoms with Gasteiger partial charge in [-0.05, 0) is 32.0 Å². The monoisotopic (exact) mass is 351 g/mol. The van der Waals surface area contributed by atoms with Gasteiger partial charge in [-0.15, -0.1) is 0 Å². The Labute approximate surface area is 131 Å². The highest BCUT2D eigenvalue weighted by Crippen LogP contribution is 2.18. The number of aromatic nitrogens is 2. The van der Waals surface area contributed by atoms with Crippen molar-refractivity contribution >= 4 is 21.8 Å². The summed E-state index contributed by atoms with van der Waals surface area (Å²) in [7, 11) is 0. The molecule has 1 aromatic heterocycles. The molecule has 1 aromatic carbocycles. The lowest BCUT2D eigenvalue weighted by Gasteiger charge is -2.21. The maximum atomic E-state index is 13.8. The number of carbonyl (C=O) groups excluding carboxylic acids is 1. The number of hydrogen-bond donors (Lipinski definition) is 0. The molecule has 0 bridgehead atoms. The molecule has 0 aliphatic rings. The van der Waals surface area contributed by atoms with E-state index in [-0.39, 0.29) is 24.0 Å². The van der Waals surface area contributed by atoms with Crippen molar-refractivity contribution < 1.29 is 9.18 Å². The van der Waals surface area contributed by atoms with Gasteiger partial charge < -0.3 is 4.90 Å². The van der Waals surface area contributed by atoms with E-state index in [0.29, 0.717) is 12.1 Å². The Hall–Kier alpha value is -1.82. The third kappa shape index (κ3) is 3.85. The molecule has 0 fully saturated rings. The summed E-state index contributed by atoms with van der Waals surface area (Å²) < 4.78 is 14.6. The van der Waals surface area contributed by atoms with Crippen molar-refractivity contribution in [2.24, 2.45) is 0 Å². The van der Waals surface area contributed by atoms with Crippen LogP contribution in [0.3, 0.4) is 0 Å². The fourth-order valence-electron chi connectivity index (χ4n) is 1.86. The van der Waals surface area contributed by atoms with Crippen LogP contribution in [-0.2, 0) is 6.54 Å². The van der Waals surface area contributed by atoms with Crippen LogP contribution in [0.1, 0.15) is 28.7 Å². The Balaban J connectivity index is 2.21. The van der Waals surface area contributed by atoms with Gasteiger partial charge in [0.05, 0.1) is 11.9 Å². The number of benzene rings is 1. The van der Waals surface area contributed by atoms with Gasteiger partial charge in [0, 0.05) is 29.3 Å². The predicted molar refractivity (Wildman–Crippen MR) is 81.3 cm³/mol. The molecular formula is C15H15BrFN3O. The second-order valence-corrected chi connectivity index (χ2v) is 5.51. The highest BCUT2D eigenvalue weighted by atomic mass is 79.9. The van der Waals surface area contributed by atoms with Crippen molar-refractivity contribution in [3.05, 3.63) is 57.8 Å². The number of nitrogens with zero attached hydrogens (tertiary/aromatic N) is 3. The SMILES string of the molecule is CCN(Cc1cc(Br)ccc1F)C(=O)c1cnc(C)cn1. The minimum absolute atomic E-state index is 0.191. The van der Waals surface area contributed by atoms with Crippen LogP contribution in [0, 0.1) is 12.7 Å². The standard InChI is InChI=1S/C15H15BrFN3O/c1-3-20(9-11-6-12(16)4-5-13(11)17)15(21)14-8-18-10(2)7-19-14/h4-8H,3,9H2,1-2H3. The van der Waals surface area contributed by atoms with Crippen molar-refractivity contribution in [2.75, 3.05) is 6.54 Å². The Morgan fingerprint density at radius 3 is 2.71 bits per heavy atom. The average Bonchev–Trinajstić information content (AvgIpc) is 2.48. The van der Waals surface area contributed by atoms with E-state index in [2.05, 4.69) is 25.9 Å². The molecule has 1 amide bonds. The van der Waals surface area contributed by atoms with E-state index in [9.17, 15) is 9.18 Å². The van der Waals surface area contributed by atoms with Gasteiger partial charge in [-0.2, -0.15) is 0 Å². The molecule has 0 N–H and O–H groups in total. The second kappa shape index (κ2) is 6.76. The van der Waals surface area contributed by atoms with Crippen molar-refractivity contribution in [2.45, 2.75) is 20.4 Å². The van der Waals surface area contributed by atoms with Crippen LogP contribution in [0.2, 0.25) is 0 Å². The summed E-state index contributed by atoms with van der Waals surface area (Å²) in [5, 5.41) is 0. The van der Waals surface area contributed by atoms with Gasteiger partial charge in [-0.3, -0.25) is 9.78 Å². The summed E-state index contributed by atoms with van der Waals surface area (Å²) >= 11 is 3.31. The summed E-state index contributed by atoms with van der Waals surface area (Å²) in [4.78, 5) is 22.0. The molecule has 0 spiro atoms. The Morgan fingerprint density at radius 1 is 1.33 bits per heavy atom. The topological polar surface area (TPSA) is 46.1 Å². The molecule has 0 atom stereocenters. The molecular weight excluding hydrogens is 337 g/mol. The first kappa shape index (κ1) is 15.6. The smallest absolute Gasteiger partial charge is 0.274 e. The van der Waals surface area contributed by atoms with Gasteiger partial charge in [0.1, 0.15) is 11.5 Å². The number of halogens is 2. The zero-order chi connectivity index (χ0) is 15.4. The van der Waals surface area contributed by atoms with Gasteiger partial charge in [0.25, 0.3) is 5.91 Å². The first-order chi connectivity index (χ1) is 10.0. The molecule has 110 valence electrons. The van der Waals surface area contributed by atoms with Crippen LogP contribution in [-0.4, -0.2) is 27.3 Å². The third-order valence-corrected chi connectivity index (χ3v) is 3.53. The van der Waals surface area contributed by atoms with Crippen molar-refractivity contribution in [3.8, 4) is 0 Å². The summed E-state index contributed by atoms with van der Waals surface area (Å²) in [6, 6.07) is 4.68. The summed E-state index contributed by atoms with van der Waals surface area (Å²) in [5.74, 6) is -0.594. The molecule has 21 heavy (non-hydrogen) atoms. The quantitative estimate of drug-likeness (QED) is 0.848. The van der Waals surface area contributed by atoms with E-state index in [0.717, 1.165) is 10.2 Å². The Bertz CT molecular complexity index is 646. The molecule has 0 radical (unpaired) electrons. The average molecular weight is 352 g/mol. The zero-order valence-electron chi connectivity index (χ0n) is 11.8. The Kier molecular flexibility index (Phi) is 5.01. The van der Waals surface area contributed by atoms with Crippen LogP contribution in [0.5, 0.6) is 0 Å². The van der Waals surface area contributed by atoms with E-state index < -0.39 is 0 Å². The molecule has 2 aromatic rings. The second-order valence-electron chi connectivity index (χ2n) is 4.60. The van der Waals surface area contributed by atoms with Crippen LogP contribution < -0.4 is 0 Å². The van der Waals surface area contributed by atoms with Crippen LogP contribution in [0.4, 0.5) is 4.39 Å². The highest BCUT2D eigenvalue weighted by Gasteiger charge is 2.17. The van der Waals surface area contributed by atoms with E-state index in [1.165, 1.54) is 17.2 Å². The van der Waals surface area contributed by atoms with Crippen molar-refractivity contribution in [1.82, 2.24) is 14.9 Å². The highest BCUT2D eigenvalue weighted by molar-refractivity contribution is 9.10. The predicted octanol–water partition coefficient (Wildman–Crippen LogP) is 3.35. The number of amides is 1. The molecule has 0 unspecified atom stereocenters. The van der Waals surface area contributed by atoms with Gasteiger partial charge in [-0.25, -0.2) is 9.37 Å². The van der Waals surface area contributed by atoms with Gasteiger partial charge >= 0.3 is 0 Å². The number of hydrogen-bond acceptors (Lipinski definition) is 3. The molecule has 0 saturated carbocycles. The third-order valence-electron chi connectivity index (χ3n) is 3.04. The lowest BCUT2D eigenvalue weighted by Crippen LogP contribution is -2.31. The molecule has 2 rings (SSSR count). The molecule has 0 aliphatic carbocycles. The minimum atomic E-state index is -0.334. The number of carbonyl (C=O) groups is 1. The van der Waals surface area contributed by atoms with Crippen molar-refractivity contribution in [3.63, 3.8) is 0 Å². The largest absolute Gasteiger partial charge is 0.333 e. The summed E-state index contributed by atoms with van der Waals surface area (Å²) in [6.45, 7) is 4.29. The van der Waals surface area contributed by atoms with Gasteiger partial charge in [-0.1, -0.05) is 15.9 Å². The summed E-state index contributed by atoms with van der Waals surface area (Å²) in [6.07, 6.45) is 2.98. The number of aryl methyl sites for hydroxylation is 1. The van der Waals surface area contributed by atoms with Gasteiger partial charge in [0.15, 0.2) is 0 Å². The molecule has 4 nitrogen and oxygen atoms in total. The van der Waals surface area contributed by atoms with Crippen LogP contribution in [0.25, 0.3) is 0 Å². The Morgan fingerprint density at radius 2 is 2.10 bits per heavy atom.